The Morgan fingerprint density at radius 2 is 1.90 bits per heavy atom. The summed E-state index contributed by atoms with van der Waals surface area (Å²) in [6.45, 7) is 0. The molecule has 0 fully saturated rings. The molecular formula is C7H5KO2. The van der Waals surface area contributed by atoms with Gasteiger partial charge in [0, 0.05) is 5.56 Å². The smallest absolute Gasteiger partial charge is 0.872 e. The van der Waals surface area contributed by atoms with Crippen LogP contribution in [0.5, 0.6) is 5.75 Å². The van der Waals surface area contributed by atoms with Crippen LogP contribution in [-0.2, 0) is 0 Å². The third-order valence-corrected chi connectivity index (χ3v) is 1.05. The maximum atomic E-state index is 10.6. The summed E-state index contributed by atoms with van der Waals surface area (Å²) in [5, 5.41) is 10.6. The van der Waals surface area contributed by atoms with Gasteiger partial charge in [0.2, 0.25) is 0 Å². The van der Waals surface area contributed by atoms with E-state index in [0.29, 0.717) is 6.29 Å². The molecule has 0 aliphatic carbocycles. The van der Waals surface area contributed by atoms with Gasteiger partial charge in [-0.25, -0.2) is 0 Å². The molecule has 10 heavy (non-hydrogen) atoms. The Labute approximate surface area is 102 Å². The number of benzene rings is 1. The van der Waals surface area contributed by atoms with Crippen molar-refractivity contribution in [2.24, 2.45) is 0 Å². The Morgan fingerprint density at radius 3 is 2.30 bits per heavy atom. The molecule has 0 saturated heterocycles. The van der Waals surface area contributed by atoms with Crippen molar-refractivity contribution >= 4 is 6.29 Å². The van der Waals surface area contributed by atoms with Crippen LogP contribution in [0, 0.1) is 0 Å². The third-order valence-electron chi connectivity index (χ3n) is 1.05. The first-order valence-corrected chi connectivity index (χ1v) is 2.56. The number of hydrogen-bond acceptors (Lipinski definition) is 2. The van der Waals surface area contributed by atoms with Gasteiger partial charge in [-0.2, -0.15) is 0 Å². The maximum absolute atomic E-state index is 10.6. The van der Waals surface area contributed by atoms with Gasteiger partial charge in [-0.1, -0.05) is 30.0 Å². The van der Waals surface area contributed by atoms with Crippen molar-refractivity contribution < 1.29 is 61.3 Å². The molecule has 0 atom stereocenters. The monoisotopic (exact) mass is 160 g/mol. The topological polar surface area (TPSA) is 40.1 Å². The Balaban J connectivity index is 0.000000810. The molecule has 1 rings (SSSR count). The minimum atomic E-state index is -0.215. The first kappa shape index (κ1) is 10.3. The van der Waals surface area contributed by atoms with Gasteiger partial charge in [0.1, 0.15) is 6.29 Å². The average molecular weight is 160 g/mol. The molecule has 0 aliphatic rings. The standard InChI is InChI=1S/C7H6O2.K/c8-5-6-3-1-2-4-7(6)9;/h1-5,9H;/q;+1/p-1. The molecule has 0 aromatic heterocycles. The molecule has 1 aromatic carbocycles. The first-order chi connectivity index (χ1) is 4.34. The fraction of sp³-hybridized carbons (Fsp3) is 0. The van der Waals surface area contributed by atoms with E-state index in [1.165, 1.54) is 12.1 Å². The summed E-state index contributed by atoms with van der Waals surface area (Å²) in [7, 11) is 0. The van der Waals surface area contributed by atoms with Gasteiger partial charge in [-0.3, -0.25) is 4.79 Å². The Kier molecular flexibility index (Phi) is 5.20. The van der Waals surface area contributed by atoms with Gasteiger partial charge in [0.15, 0.2) is 0 Å². The molecule has 0 radical (unpaired) electrons. The molecule has 0 spiro atoms. The summed E-state index contributed by atoms with van der Waals surface area (Å²) in [5.41, 5.74) is 0.220. The molecule has 0 amide bonds. The summed E-state index contributed by atoms with van der Waals surface area (Å²) < 4.78 is 0. The van der Waals surface area contributed by atoms with Crippen LogP contribution in [0.3, 0.4) is 0 Å². The van der Waals surface area contributed by atoms with Gasteiger partial charge in [0.05, 0.1) is 0 Å². The summed E-state index contributed by atoms with van der Waals surface area (Å²) in [5.74, 6) is -0.215. The van der Waals surface area contributed by atoms with E-state index < -0.39 is 0 Å². The van der Waals surface area contributed by atoms with E-state index in [0.717, 1.165) is 0 Å². The molecule has 0 N–H and O–H groups in total. The second-order valence-electron chi connectivity index (χ2n) is 1.66. The number of carbonyl (C=O) groups excluding carboxylic acids is 1. The van der Waals surface area contributed by atoms with Crippen LogP contribution in [-0.4, -0.2) is 6.29 Å². The Morgan fingerprint density at radius 1 is 1.30 bits per heavy atom. The largest absolute Gasteiger partial charge is 1.00 e. The van der Waals surface area contributed by atoms with Crippen LogP contribution in [0.2, 0.25) is 0 Å². The predicted octanol–water partition coefficient (Wildman–Crippen LogP) is -2.42. The third kappa shape index (κ3) is 2.52. The molecule has 2 nitrogen and oxygen atoms in total. The fourth-order valence-electron chi connectivity index (χ4n) is 0.578. The molecule has 0 bridgehead atoms. The summed E-state index contributed by atoms with van der Waals surface area (Å²) in [6, 6.07) is 6.12. The normalized spacial score (nSPS) is 8.00. The number of rotatable bonds is 1. The van der Waals surface area contributed by atoms with Gasteiger partial charge in [-0.05, 0) is 0 Å². The second kappa shape index (κ2) is 5.04. The van der Waals surface area contributed by atoms with Crippen LogP contribution >= 0.6 is 0 Å². The predicted molar refractivity (Wildman–Crippen MR) is 31.3 cm³/mol. The van der Waals surface area contributed by atoms with Crippen molar-refractivity contribution in [1.82, 2.24) is 0 Å². The minimum Gasteiger partial charge on any atom is -0.872 e. The quantitative estimate of drug-likeness (QED) is 0.339. The molecule has 46 valence electrons. The van der Waals surface area contributed by atoms with E-state index in [1.54, 1.807) is 12.1 Å². The number of para-hydroxylation sites is 1. The Bertz CT molecular complexity index is 223. The van der Waals surface area contributed by atoms with E-state index in [4.69, 9.17) is 0 Å². The average Bonchev–Trinajstić information content (AvgIpc) is 1.89. The molecule has 1 aromatic rings. The Hall–Kier alpha value is 0.326. The molecular weight excluding hydrogens is 155 g/mol. The van der Waals surface area contributed by atoms with Crippen molar-refractivity contribution in [2.75, 3.05) is 0 Å². The number of carbonyl (C=O) groups is 1. The molecule has 3 heteroatoms. The fourth-order valence-corrected chi connectivity index (χ4v) is 0.578. The van der Waals surface area contributed by atoms with Gasteiger partial charge in [-0.15, -0.1) is 0 Å². The summed E-state index contributed by atoms with van der Waals surface area (Å²) in [4.78, 5) is 10.0. The number of hydrogen-bond donors (Lipinski definition) is 0. The SMILES string of the molecule is O=Cc1ccccc1[O-].[K+]. The zero-order valence-electron chi connectivity index (χ0n) is 5.70. The summed E-state index contributed by atoms with van der Waals surface area (Å²) in [6.07, 6.45) is 0.558. The molecule has 0 unspecified atom stereocenters. The van der Waals surface area contributed by atoms with Crippen LogP contribution in [0.25, 0.3) is 0 Å². The van der Waals surface area contributed by atoms with Crippen molar-refractivity contribution in [1.29, 1.82) is 0 Å². The summed E-state index contributed by atoms with van der Waals surface area (Å²) >= 11 is 0. The molecule has 0 aliphatic heterocycles. The second-order valence-corrected chi connectivity index (χ2v) is 1.66. The van der Waals surface area contributed by atoms with Crippen LogP contribution in [0.1, 0.15) is 10.4 Å². The van der Waals surface area contributed by atoms with E-state index in [9.17, 15) is 9.90 Å². The maximum Gasteiger partial charge on any atom is 1.00 e. The van der Waals surface area contributed by atoms with Crippen LogP contribution in [0.15, 0.2) is 24.3 Å². The van der Waals surface area contributed by atoms with Crippen molar-refractivity contribution in [3.63, 3.8) is 0 Å². The zero-order chi connectivity index (χ0) is 6.69. The molecule has 0 saturated carbocycles. The van der Waals surface area contributed by atoms with E-state index >= 15 is 0 Å². The molecule has 0 heterocycles. The minimum absolute atomic E-state index is 0. The van der Waals surface area contributed by atoms with Crippen molar-refractivity contribution in [2.45, 2.75) is 0 Å². The first-order valence-electron chi connectivity index (χ1n) is 2.56. The van der Waals surface area contributed by atoms with Gasteiger partial charge >= 0.3 is 51.4 Å². The van der Waals surface area contributed by atoms with Crippen LogP contribution in [0.4, 0.5) is 0 Å². The van der Waals surface area contributed by atoms with E-state index in [-0.39, 0.29) is 62.7 Å². The van der Waals surface area contributed by atoms with Gasteiger partial charge in [0.25, 0.3) is 0 Å². The van der Waals surface area contributed by atoms with E-state index in [2.05, 4.69) is 0 Å². The van der Waals surface area contributed by atoms with Gasteiger partial charge < -0.3 is 5.11 Å². The van der Waals surface area contributed by atoms with Crippen molar-refractivity contribution in [3.05, 3.63) is 29.8 Å². The van der Waals surface area contributed by atoms with Crippen LogP contribution < -0.4 is 56.5 Å². The van der Waals surface area contributed by atoms with Crippen molar-refractivity contribution in [3.8, 4) is 5.75 Å². The van der Waals surface area contributed by atoms with E-state index in [1.807, 2.05) is 0 Å². The number of aldehydes is 1. The zero-order valence-corrected chi connectivity index (χ0v) is 8.83.